The molecule has 0 aliphatic heterocycles. The molecule has 1 unspecified atom stereocenters. The summed E-state index contributed by atoms with van der Waals surface area (Å²) in [5.74, 6) is 0.0462. The number of aromatic nitrogens is 5. The Morgan fingerprint density at radius 2 is 2.03 bits per heavy atom. The van der Waals surface area contributed by atoms with E-state index in [4.69, 9.17) is 16.3 Å². The Morgan fingerprint density at radius 1 is 1.23 bits per heavy atom. The third kappa shape index (κ3) is 4.48. The first-order valence-corrected chi connectivity index (χ1v) is 12.1. The second-order valence-corrected chi connectivity index (χ2v) is 9.49. The van der Waals surface area contributed by atoms with Crippen molar-refractivity contribution in [1.82, 2.24) is 29.7 Å². The summed E-state index contributed by atoms with van der Waals surface area (Å²) in [4.78, 5) is 31.1. The Hall–Kier alpha value is -3.44. The second-order valence-electron chi connectivity index (χ2n) is 8.23. The number of amides is 2. The zero-order chi connectivity index (χ0) is 24.7. The topological polar surface area (TPSA) is 115 Å². The van der Waals surface area contributed by atoms with E-state index in [0.29, 0.717) is 20.9 Å². The first-order valence-electron chi connectivity index (χ1n) is 10.9. The number of methoxy groups -OCH3 is 1. The maximum atomic E-state index is 13.5. The van der Waals surface area contributed by atoms with Crippen molar-refractivity contribution in [2.75, 3.05) is 12.4 Å². The number of pyridine rings is 2. The Labute approximate surface area is 213 Å². The largest absolute Gasteiger partial charge is 0.480 e. The molecule has 180 valence electrons. The monoisotopic (exact) mass is 557 g/mol. The van der Waals surface area contributed by atoms with Crippen LogP contribution in [0.25, 0.3) is 11.3 Å². The fourth-order valence-electron chi connectivity index (χ4n) is 3.84. The summed E-state index contributed by atoms with van der Waals surface area (Å²) in [5, 5.41) is 14.8. The van der Waals surface area contributed by atoms with Gasteiger partial charge in [0.15, 0.2) is 11.5 Å². The van der Waals surface area contributed by atoms with E-state index in [-0.39, 0.29) is 40.7 Å². The highest BCUT2D eigenvalue weighted by Gasteiger charge is 2.31. The van der Waals surface area contributed by atoms with Crippen molar-refractivity contribution in [2.24, 2.45) is 5.92 Å². The first-order chi connectivity index (χ1) is 16.9. The normalized spacial score (nSPS) is 14.1. The molecule has 0 radical (unpaired) electrons. The van der Waals surface area contributed by atoms with E-state index in [1.165, 1.54) is 22.4 Å². The maximum Gasteiger partial charge on any atom is 0.274 e. The fourth-order valence-corrected chi connectivity index (χ4v) is 4.56. The summed E-state index contributed by atoms with van der Waals surface area (Å²) in [5.41, 5.74) is 1.29. The van der Waals surface area contributed by atoms with E-state index in [1.807, 2.05) is 6.92 Å². The highest BCUT2D eigenvalue weighted by Crippen LogP contribution is 2.34. The standard InChI is InChI=1S/C23H21BrClN7O3/c1-12(13-5-6-13)28-23(34)20-19(15(24)10-14-7-9-27-31(14)20)29-22(33)17-11-18(35-2)30-32(17)21-16(25)4-3-8-26-21/h3-4,7-13H,5-6H2,1-2H3,(H,28,34)(H,29,33). The molecule has 4 aromatic rings. The minimum absolute atomic E-state index is 0.00707. The summed E-state index contributed by atoms with van der Waals surface area (Å²) in [6.45, 7) is 1.98. The minimum Gasteiger partial charge on any atom is -0.480 e. The lowest BCUT2D eigenvalue weighted by Gasteiger charge is -2.18. The van der Waals surface area contributed by atoms with E-state index < -0.39 is 5.91 Å². The zero-order valence-electron chi connectivity index (χ0n) is 18.8. The number of nitrogens with zero attached hydrogens (tertiary/aromatic N) is 5. The Morgan fingerprint density at radius 3 is 2.74 bits per heavy atom. The van der Waals surface area contributed by atoms with Crippen LogP contribution in [0, 0.1) is 5.92 Å². The van der Waals surface area contributed by atoms with Gasteiger partial charge in [-0.3, -0.25) is 9.59 Å². The van der Waals surface area contributed by atoms with Crippen molar-refractivity contribution >= 4 is 50.5 Å². The molecule has 1 fully saturated rings. The average molecular weight is 559 g/mol. The van der Waals surface area contributed by atoms with E-state index in [9.17, 15) is 9.59 Å². The van der Waals surface area contributed by atoms with Gasteiger partial charge in [-0.1, -0.05) is 11.6 Å². The van der Waals surface area contributed by atoms with Crippen molar-refractivity contribution < 1.29 is 14.3 Å². The van der Waals surface area contributed by atoms with E-state index in [2.05, 4.69) is 41.7 Å². The van der Waals surface area contributed by atoms with Crippen LogP contribution in [-0.2, 0) is 0 Å². The number of rotatable bonds is 7. The molecule has 10 nitrogen and oxygen atoms in total. The third-order valence-electron chi connectivity index (χ3n) is 5.84. The first kappa shape index (κ1) is 23.3. The molecule has 12 heteroatoms. The third-order valence-corrected chi connectivity index (χ3v) is 6.76. The Kier molecular flexibility index (Phi) is 6.20. The molecule has 0 spiro atoms. The average Bonchev–Trinajstić information content (AvgIpc) is 3.45. The number of carbonyl (C=O) groups is 2. The van der Waals surface area contributed by atoms with Crippen LogP contribution in [0.5, 0.6) is 5.88 Å². The molecule has 1 atom stereocenters. The lowest BCUT2D eigenvalue weighted by Crippen LogP contribution is -2.36. The van der Waals surface area contributed by atoms with E-state index >= 15 is 0 Å². The van der Waals surface area contributed by atoms with Crippen LogP contribution in [0.2, 0.25) is 5.02 Å². The molecule has 35 heavy (non-hydrogen) atoms. The summed E-state index contributed by atoms with van der Waals surface area (Å²) < 4.78 is 8.56. The number of hydrogen-bond acceptors (Lipinski definition) is 6. The van der Waals surface area contributed by atoms with Crippen LogP contribution in [0.3, 0.4) is 0 Å². The molecule has 4 aromatic heterocycles. The van der Waals surface area contributed by atoms with Gasteiger partial charge in [-0.2, -0.15) is 5.10 Å². The molecule has 2 amide bonds. The molecule has 5 rings (SSSR count). The predicted octanol–water partition coefficient (Wildman–Crippen LogP) is 4.12. The van der Waals surface area contributed by atoms with E-state index in [0.717, 1.165) is 12.8 Å². The molecule has 2 N–H and O–H groups in total. The highest BCUT2D eigenvalue weighted by molar-refractivity contribution is 9.10. The number of fused-ring (bicyclic) bond motifs is 1. The zero-order valence-corrected chi connectivity index (χ0v) is 21.2. The fraction of sp³-hybridized carbons (Fsp3) is 0.261. The van der Waals surface area contributed by atoms with Crippen LogP contribution < -0.4 is 15.4 Å². The van der Waals surface area contributed by atoms with Gasteiger partial charge in [-0.15, -0.1) is 5.10 Å². The lowest BCUT2D eigenvalue weighted by atomic mass is 10.2. The molecule has 0 saturated heterocycles. The van der Waals surface area contributed by atoms with Gasteiger partial charge in [0.05, 0.1) is 29.5 Å². The summed E-state index contributed by atoms with van der Waals surface area (Å²) in [7, 11) is 1.44. The molecule has 0 aromatic carbocycles. The predicted molar refractivity (Wildman–Crippen MR) is 133 cm³/mol. The molecule has 1 aliphatic carbocycles. The smallest absolute Gasteiger partial charge is 0.274 e. The number of ether oxygens (including phenoxy) is 1. The molecule has 1 aliphatic rings. The van der Waals surface area contributed by atoms with Crippen LogP contribution >= 0.6 is 27.5 Å². The molecule has 0 bridgehead atoms. The minimum atomic E-state index is -0.543. The van der Waals surface area contributed by atoms with Crippen molar-refractivity contribution in [3.63, 3.8) is 0 Å². The number of carbonyl (C=O) groups excluding carboxylic acids is 2. The second kappa shape index (κ2) is 9.31. The highest BCUT2D eigenvalue weighted by atomic mass is 79.9. The summed E-state index contributed by atoms with van der Waals surface area (Å²) in [6, 6.07) is 8.35. The van der Waals surface area contributed by atoms with Gasteiger partial charge in [0.1, 0.15) is 5.69 Å². The number of halogens is 2. The lowest BCUT2D eigenvalue weighted by molar-refractivity contribution is 0.0929. The number of hydrogen-bond donors (Lipinski definition) is 2. The van der Waals surface area contributed by atoms with Gasteiger partial charge in [0, 0.05) is 22.8 Å². The maximum absolute atomic E-state index is 13.5. The van der Waals surface area contributed by atoms with Crippen LogP contribution in [0.15, 0.2) is 47.2 Å². The molecular formula is C23H21BrClN7O3. The number of anilines is 1. The molecule has 1 saturated carbocycles. The van der Waals surface area contributed by atoms with Gasteiger partial charge < -0.3 is 15.4 Å². The van der Waals surface area contributed by atoms with Gasteiger partial charge in [0.2, 0.25) is 5.88 Å². The summed E-state index contributed by atoms with van der Waals surface area (Å²) in [6.07, 6.45) is 5.31. The van der Waals surface area contributed by atoms with Gasteiger partial charge in [0.25, 0.3) is 11.8 Å². The summed E-state index contributed by atoms with van der Waals surface area (Å²) >= 11 is 9.81. The van der Waals surface area contributed by atoms with Gasteiger partial charge >= 0.3 is 0 Å². The van der Waals surface area contributed by atoms with Crippen LogP contribution in [-0.4, -0.2) is 49.3 Å². The molecule has 4 heterocycles. The van der Waals surface area contributed by atoms with Gasteiger partial charge in [-0.05, 0) is 65.9 Å². The van der Waals surface area contributed by atoms with Crippen LogP contribution in [0.4, 0.5) is 5.69 Å². The quantitative estimate of drug-likeness (QED) is 0.353. The number of nitrogens with one attached hydrogen (secondary N) is 2. The van der Waals surface area contributed by atoms with Crippen molar-refractivity contribution in [2.45, 2.75) is 25.8 Å². The van der Waals surface area contributed by atoms with Crippen molar-refractivity contribution in [3.05, 3.63) is 63.6 Å². The molecular weight excluding hydrogens is 538 g/mol. The van der Waals surface area contributed by atoms with Gasteiger partial charge in [-0.25, -0.2) is 14.2 Å². The Balaban J connectivity index is 1.56. The van der Waals surface area contributed by atoms with Crippen molar-refractivity contribution in [1.29, 1.82) is 0 Å². The van der Waals surface area contributed by atoms with Crippen molar-refractivity contribution in [3.8, 4) is 11.7 Å². The van der Waals surface area contributed by atoms with E-state index in [1.54, 1.807) is 36.7 Å². The Bertz CT molecular complexity index is 1450. The SMILES string of the molecule is COc1cc(C(=O)Nc2c(Br)cc3ccnn3c2C(=O)NC(C)C2CC2)n(-c2ncccc2Cl)n1. The van der Waals surface area contributed by atoms with Crippen LogP contribution in [0.1, 0.15) is 40.7 Å².